The van der Waals surface area contributed by atoms with Crippen molar-refractivity contribution in [2.24, 2.45) is 0 Å². The van der Waals surface area contributed by atoms with Gasteiger partial charge in [0, 0.05) is 11.6 Å². The van der Waals surface area contributed by atoms with E-state index in [2.05, 4.69) is 15.5 Å². The van der Waals surface area contributed by atoms with Crippen LogP contribution in [-0.2, 0) is 4.79 Å². The molecule has 3 N–H and O–H groups in total. The molecule has 0 aliphatic heterocycles. The van der Waals surface area contributed by atoms with Crippen molar-refractivity contribution in [3.8, 4) is 40.1 Å². The van der Waals surface area contributed by atoms with Crippen molar-refractivity contribution in [1.82, 2.24) is 14.9 Å². The first-order chi connectivity index (χ1) is 15.9. The average molecular weight is 476 g/mol. The molecule has 12 heteroatoms. The Balaban J connectivity index is 1.74. The number of nitrogens with one attached hydrogen (secondary N) is 1. The largest absolute Gasteiger partial charge is 0.497 e. The summed E-state index contributed by atoms with van der Waals surface area (Å²) in [5.41, 5.74) is 1.13. The zero-order chi connectivity index (χ0) is 24.0. The smallest absolute Gasteiger partial charge is 0.234 e. The SMILES string of the molecule is COc1ccc(NC(=O)CSc2nnc(-c3cc(OC)c(OC)c(OC)c3)n2N)c(OC)c1. The van der Waals surface area contributed by atoms with Gasteiger partial charge in [-0.2, -0.15) is 0 Å². The number of methoxy groups -OCH3 is 5. The molecule has 1 heterocycles. The van der Waals surface area contributed by atoms with E-state index >= 15 is 0 Å². The summed E-state index contributed by atoms with van der Waals surface area (Å²) in [6.07, 6.45) is 0. The van der Waals surface area contributed by atoms with Crippen LogP contribution in [0.15, 0.2) is 35.5 Å². The number of hydrogen-bond acceptors (Lipinski definition) is 10. The summed E-state index contributed by atoms with van der Waals surface area (Å²) in [6.45, 7) is 0. The van der Waals surface area contributed by atoms with Gasteiger partial charge in [-0.05, 0) is 24.3 Å². The summed E-state index contributed by atoms with van der Waals surface area (Å²) in [6, 6.07) is 8.54. The minimum absolute atomic E-state index is 0.0553. The van der Waals surface area contributed by atoms with Crippen LogP contribution in [-0.4, -0.2) is 62.1 Å². The third-order valence-corrected chi connectivity index (χ3v) is 5.55. The first kappa shape index (κ1) is 23.9. The van der Waals surface area contributed by atoms with E-state index in [1.165, 1.54) is 33.1 Å². The highest BCUT2D eigenvalue weighted by Crippen LogP contribution is 2.41. The minimum Gasteiger partial charge on any atom is -0.497 e. The van der Waals surface area contributed by atoms with Gasteiger partial charge in [0.05, 0.1) is 47.0 Å². The second-order valence-corrected chi connectivity index (χ2v) is 7.44. The highest BCUT2D eigenvalue weighted by Gasteiger charge is 2.19. The molecule has 11 nitrogen and oxygen atoms in total. The van der Waals surface area contributed by atoms with Crippen molar-refractivity contribution in [3.05, 3.63) is 30.3 Å². The van der Waals surface area contributed by atoms with E-state index in [9.17, 15) is 4.79 Å². The van der Waals surface area contributed by atoms with Crippen molar-refractivity contribution < 1.29 is 28.5 Å². The Morgan fingerprint density at radius 3 is 2.18 bits per heavy atom. The molecule has 1 amide bonds. The van der Waals surface area contributed by atoms with Crippen LogP contribution in [0.25, 0.3) is 11.4 Å². The number of nitrogen functional groups attached to an aromatic ring is 1. The van der Waals surface area contributed by atoms with Gasteiger partial charge in [0.1, 0.15) is 11.5 Å². The molecular formula is C21H25N5O6S. The number of carbonyl (C=O) groups is 1. The summed E-state index contributed by atoms with van der Waals surface area (Å²) in [7, 11) is 7.63. The van der Waals surface area contributed by atoms with E-state index in [1.54, 1.807) is 37.4 Å². The molecule has 0 atom stereocenters. The van der Waals surface area contributed by atoms with E-state index in [0.29, 0.717) is 51.0 Å². The van der Waals surface area contributed by atoms with Crippen molar-refractivity contribution in [2.45, 2.75) is 5.16 Å². The van der Waals surface area contributed by atoms with Crippen molar-refractivity contribution >= 4 is 23.4 Å². The number of thioether (sulfide) groups is 1. The maximum absolute atomic E-state index is 12.5. The van der Waals surface area contributed by atoms with Crippen LogP contribution in [0.4, 0.5) is 5.69 Å². The molecule has 0 spiro atoms. The predicted molar refractivity (Wildman–Crippen MR) is 124 cm³/mol. The van der Waals surface area contributed by atoms with Gasteiger partial charge in [-0.25, -0.2) is 4.68 Å². The van der Waals surface area contributed by atoms with E-state index in [1.807, 2.05) is 0 Å². The summed E-state index contributed by atoms with van der Waals surface area (Å²) in [5, 5.41) is 11.4. The Bertz CT molecular complexity index is 1110. The van der Waals surface area contributed by atoms with Gasteiger partial charge in [-0.1, -0.05) is 11.8 Å². The van der Waals surface area contributed by atoms with E-state index < -0.39 is 0 Å². The number of ether oxygens (including phenoxy) is 5. The Kier molecular flexibility index (Phi) is 7.72. The number of rotatable bonds is 10. The van der Waals surface area contributed by atoms with Crippen LogP contribution in [0.3, 0.4) is 0 Å². The Hall–Kier alpha value is -3.80. The third kappa shape index (κ3) is 5.17. The lowest BCUT2D eigenvalue weighted by molar-refractivity contribution is -0.113. The quantitative estimate of drug-likeness (QED) is 0.333. The second kappa shape index (κ2) is 10.7. The van der Waals surface area contributed by atoms with Gasteiger partial charge >= 0.3 is 0 Å². The Labute approximate surface area is 195 Å². The number of anilines is 1. The first-order valence-corrected chi connectivity index (χ1v) is 10.6. The van der Waals surface area contributed by atoms with E-state index in [-0.39, 0.29) is 11.7 Å². The molecule has 0 saturated carbocycles. The number of nitrogens with two attached hydrogens (primary N) is 1. The van der Waals surface area contributed by atoms with Crippen molar-refractivity contribution in [2.75, 3.05) is 52.5 Å². The number of nitrogens with zero attached hydrogens (tertiary/aromatic N) is 3. The number of carbonyl (C=O) groups excluding carboxylic acids is 1. The lowest BCUT2D eigenvalue weighted by Crippen LogP contribution is -2.17. The normalized spacial score (nSPS) is 10.5. The maximum atomic E-state index is 12.5. The van der Waals surface area contributed by atoms with Crippen LogP contribution in [0.2, 0.25) is 0 Å². The second-order valence-electron chi connectivity index (χ2n) is 6.49. The number of benzene rings is 2. The molecule has 2 aromatic carbocycles. The number of hydrogen-bond donors (Lipinski definition) is 2. The molecule has 0 fully saturated rings. The fourth-order valence-electron chi connectivity index (χ4n) is 3.00. The lowest BCUT2D eigenvalue weighted by Gasteiger charge is -2.13. The molecule has 0 radical (unpaired) electrons. The number of amides is 1. The topological polar surface area (TPSA) is 132 Å². The molecule has 176 valence electrons. The molecule has 0 bridgehead atoms. The first-order valence-electron chi connectivity index (χ1n) is 9.61. The number of aromatic nitrogens is 3. The summed E-state index contributed by atoms with van der Waals surface area (Å²) in [4.78, 5) is 12.5. The lowest BCUT2D eigenvalue weighted by atomic mass is 10.1. The van der Waals surface area contributed by atoms with Gasteiger partial charge in [0.15, 0.2) is 17.3 Å². The maximum Gasteiger partial charge on any atom is 0.234 e. The molecular weight excluding hydrogens is 450 g/mol. The molecule has 0 aliphatic carbocycles. The molecule has 0 saturated heterocycles. The van der Waals surface area contributed by atoms with Crippen molar-refractivity contribution in [3.63, 3.8) is 0 Å². The molecule has 0 aliphatic rings. The van der Waals surface area contributed by atoms with Crippen LogP contribution >= 0.6 is 11.8 Å². The van der Waals surface area contributed by atoms with Crippen LogP contribution in [0.5, 0.6) is 28.7 Å². The zero-order valence-electron chi connectivity index (χ0n) is 18.9. The van der Waals surface area contributed by atoms with Gasteiger partial charge < -0.3 is 34.8 Å². The summed E-state index contributed by atoms with van der Waals surface area (Å²) >= 11 is 1.14. The summed E-state index contributed by atoms with van der Waals surface area (Å²) < 4.78 is 27.9. The molecule has 3 rings (SSSR count). The zero-order valence-corrected chi connectivity index (χ0v) is 19.7. The van der Waals surface area contributed by atoms with Gasteiger partial charge in [0.25, 0.3) is 0 Å². The highest BCUT2D eigenvalue weighted by atomic mass is 32.2. The van der Waals surface area contributed by atoms with Crippen LogP contribution in [0, 0.1) is 0 Å². The van der Waals surface area contributed by atoms with Gasteiger partial charge in [0.2, 0.25) is 16.8 Å². The van der Waals surface area contributed by atoms with Gasteiger partial charge in [-0.3, -0.25) is 4.79 Å². The molecule has 3 aromatic rings. The van der Waals surface area contributed by atoms with Gasteiger partial charge in [-0.15, -0.1) is 10.2 Å². The minimum atomic E-state index is -0.263. The van der Waals surface area contributed by atoms with E-state index in [0.717, 1.165) is 11.8 Å². The highest BCUT2D eigenvalue weighted by molar-refractivity contribution is 7.99. The molecule has 0 unspecified atom stereocenters. The van der Waals surface area contributed by atoms with Crippen LogP contribution < -0.4 is 34.8 Å². The monoisotopic (exact) mass is 475 g/mol. The molecule has 33 heavy (non-hydrogen) atoms. The standard InChI is InChI=1S/C21H25N5O6S/c1-28-13-6-7-14(15(10-13)29-2)23-18(27)11-33-21-25-24-20(26(21)22)12-8-16(30-3)19(32-5)17(9-12)31-4/h6-10H,11,22H2,1-5H3,(H,23,27). The van der Waals surface area contributed by atoms with Crippen LogP contribution in [0.1, 0.15) is 0 Å². The predicted octanol–water partition coefficient (Wildman–Crippen LogP) is 2.43. The third-order valence-electron chi connectivity index (χ3n) is 4.60. The van der Waals surface area contributed by atoms with Crippen molar-refractivity contribution in [1.29, 1.82) is 0 Å². The Morgan fingerprint density at radius 1 is 0.939 bits per heavy atom. The molecule has 1 aromatic heterocycles. The fraction of sp³-hybridized carbons (Fsp3) is 0.286. The fourth-order valence-corrected chi connectivity index (χ4v) is 3.66. The summed E-state index contributed by atoms with van der Waals surface area (Å²) in [5.74, 6) is 8.83. The van der Waals surface area contributed by atoms with E-state index in [4.69, 9.17) is 29.5 Å². The Morgan fingerprint density at radius 2 is 1.61 bits per heavy atom. The average Bonchev–Trinajstić information content (AvgIpc) is 3.21.